The van der Waals surface area contributed by atoms with Crippen LogP contribution in [0.1, 0.15) is 11.1 Å². The average Bonchev–Trinajstić information content (AvgIpc) is 2.48. The number of hydrogen-bond acceptors (Lipinski definition) is 3. The Labute approximate surface area is 130 Å². The molecule has 0 atom stereocenters. The van der Waals surface area contributed by atoms with Gasteiger partial charge in [0, 0.05) is 16.1 Å². The molecule has 0 aromatic heterocycles. The van der Waals surface area contributed by atoms with Crippen molar-refractivity contribution >= 4 is 28.0 Å². The Morgan fingerprint density at radius 1 is 1.24 bits per heavy atom. The first-order valence-electron chi connectivity index (χ1n) is 5.97. The van der Waals surface area contributed by atoms with Crippen molar-refractivity contribution in [1.82, 2.24) is 0 Å². The van der Waals surface area contributed by atoms with Gasteiger partial charge >= 0.3 is 5.97 Å². The smallest absolute Gasteiger partial charge is 0.328 e. The topological polar surface area (TPSA) is 70.3 Å². The Hall–Kier alpha value is -2.58. The zero-order chi connectivity index (χ0) is 15.2. The Bertz CT molecular complexity index is 730. The zero-order valence-electron chi connectivity index (χ0n) is 10.8. The van der Waals surface area contributed by atoms with Crippen molar-refractivity contribution in [3.63, 3.8) is 0 Å². The van der Waals surface area contributed by atoms with E-state index in [4.69, 9.17) is 15.1 Å². The van der Waals surface area contributed by atoms with Crippen LogP contribution in [-0.2, 0) is 4.79 Å². The number of rotatable bonds is 4. The first kappa shape index (κ1) is 14.8. The number of ether oxygens (including phenoxy) is 1. The summed E-state index contributed by atoms with van der Waals surface area (Å²) < 4.78 is 6.54. The van der Waals surface area contributed by atoms with Gasteiger partial charge in [-0.1, -0.05) is 15.9 Å². The van der Waals surface area contributed by atoms with Crippen molar-refractivity contribution in [2.24, 2.45) is 0 Å². The highest BCUT2D eigenvalue weighted by atomic mass is 79.9. The molecule has 0 amide bonds. The molecule has 104 valence electrons. The molecule has 0 aliphatic rings. The molecule has 2 rings (SSSR count). The van der Waals surface area contributed by atoms with E-state index in [1.54, 1.807) is 42.5 Å². The molecule has 0 fully saturated rings. The molecule has 2 aromatic carbocycles. The number of nitriles is 1. The zero-order valence-corrected chi connectivity index (χ0v) is 12.4. The normalized spacial score (nSPS) is 10.3. The molecule has 0 saturated heterocycles. The third-order valence-electron chi connectivity index (χ3n) is 2.59. The summed E-state index contributed by atoms with van der Waals surface area (Å²) in [6.45, 7) is 0. The van der Waals surface area contributed by atoms with Gasteiger partial charge in [0.05, 0.1) is 11.6 Å². The predicted octanol–water partition coefficient (Wildman–Crippen LogP) is 4.21. The minimum atomic E-state index is -1.03. The Kier molecular flexibility index (Phi) is 4.75. The summed E-state index contributed by atoms with van der Waals surface area (Å²) >= 11 is 3.33. The van der Waals surface area contributed by atoms with Crippen molar-refractivity contribution < 1.29 is 14.6 Å². The summed E-state index contributed by atoms with van der Waals surface area (Å²) in [5, 5.41) is 17.5. The third-order valence-corrected chi connectivity index (χ3v) is 3.08. The second kappa shape index (κ2) is 6.73. The van der Waals surface area contributed by atoms with Crippen LogP contribution in [0, 0.1) is 11.3 Å². The molecule has 0 unspecified atom stereocenters. The minimum absolute atomic E-state index is 0.528. The molecule has 21 heavy (non-hydrogen) atoms. The van der Waals surface area contributed by atoms with Crippen LogP contribution in [0.25, 0.3) is 6.08 Å². The van der Waals surface area contributed by atoms with E-state index in [0.29, 0.717) is 22.6 Å². The van der Waals surface area contributed by atoms with Gasteiger partial charge in [-0.05, 0) is 48.5 Å². The number of carboxylic acids is 1. The molecular weight excluding hydrogens is 334 g/mol. The van der Waals surface area contributed by atoms with E-state index in [9.17, 15) is 4.79 Å². The minimum Gasteiger partial charge on any atom is -0.478 e. The SMILES string of the molecule is N#Cc1ccc(Oc2ccc(Br)cc2/C=C/C(=O)O)cc1. The third kappa shape index (κ3) is 4.20. The van der Waals surface area contributed by atoms with Gasteiger partial charge in [-0.2, -0.15) is 5.26 Å². The van der Waals surface area contributed by atoms with Gasteiger partial charge < -0.3 is 9.84 Å². The van der Waals surface area contributed by atoms with Gasteiger partial charge in [-0.25, -0.2) is 4.79 Å². The largest absolute Gasteiger partial charge is 0.478 e. The van der Waals surface area contributed by atoms with E-state index >= 15 is 0 Å². The van der Waals surface area contributed by atoms with Gasteiger partial charge in [0.1, 0.15) is 11.5 Å². The number of aliphatic carboxylic acids is 1. The predicted molar refractivity (Wildman–Crippen MR) is 82.0 cm³/mol. The van der Waals surface area contributed by atoms with Crippen molar-refractivity contribution in [2.75, 3.05) is 0 Å². The van der Waals surface area contributed by atoms with E-state index in [2.05, 4.69) is 15.9 Å². The first-order valence-corrected chi connectivity index (χ1v) is 6.76. The summed E-state index contributed by atoms with van der Waals surface area (Å²) in [5.74, 6) is 0.0704. The van der Waals surface area contributed by atoms with Gasteiger partial charge in [0.15, 0.2) is 0 Å². The fourth-order valence-electron chi connectivity index (χ4n) is 1.63. The molecule has 5 heteroatoms. The summed E-state index contributed by atoms with van der Waals surface area (Å²) in [7, 11) is 0. The maximum absolute atomic E-state index is 10.6. The lowest BCUT2D eigenvalue weighted by Crippen LogP contribution is -1.90. The summed E-state index contributed by atoms with van der Waals surface area (Å²) in [4.78, 5) is 10.6. The Balaban J connectivity index is 2.30. The summed E-state index contributed by atoms with van der Waals surface area (Å²) in [6.07, 6.45) is 2.51. The highest BCUT2D eigenvalue weighted by Crippen LogP contribution is 2.29. The van der Waals surface area contributed by atoms with Crippen LogP contribution in [0.5, 0.6) is 11.5 Å². The molecule has 0 spiro atoms. The van der Waals surface area contributed by atoms with Crippen LogP contribution in [0.4, 0.5) is 0 Å². The second-order valence-electron chi connectivity index (χ2n) is 4.09. The maximum atomic E-state index is 10.6. The lowest BCUT2D eigenvalue weighted by Gasteiger charge is -2.09. The van der Waals surface area contributed by atoms with Crippen molar-refractivity contribution in [1.29, 1.82) is 5.26 Å². The van der Waals surface area contributed by atoms with E-state index in [1.807, 2.05) is 6.07 Å². The molecule has 0 radical (unpaired) electrons. The standard InChI is InChI=1S/C16H10BrNO3/c17-13-4-7-15(12(9-13)3-8-16(19)20)21-14-5-1-11(10-18)2-6-14/h1-9H,(H,19,20)/b8-3+. The van der Waals surface area contributed by atoms with Gasteiger partial charge in [0.2, 0.25) is 0 Å². The van der Waals surface area contributed by atoms with Gasteiger partial charge in [0.25, 0.3) is 0 Å². The van der Waals surface area contributed by atoms with Crippen LogP contribution < -0.4 is 4.74 Å². The second-order valence-corrected chi connectivity index (χ2v) is 5.01. The lowest BCUT2D eigenvalue weighted by atomic mass is 10.2. The van der Waals surface area contributed by atoms with Crippen molar-refractivity contribution in [3.05, 3.63) is 64.1 Å². The van der Waals surface area contributed by atoms with Crippen LogP contribution in [0.2, 0.25) is 0 Å². The Morgan fingerprint density at radius 2 is 1.95 bits per heavy atom. The number of carboxylic acid groups (broad SMARTS) is 1. The lowest BCUT2D eigenvalue weighted by molar-refractivity contribution is -0.131. The number of nitrogens with zero attached hydrogens (tertiary/aromatic N) is 1. The highest BCUT2D eigenvalue weighted by molar-refractivity contribution is 9.10. The Morgan fingerprint density at radius 3 is 2.57 bits per heavy atom. The van der Waals surface area contributed by atoms with E-state index in [0.717, 1.165) is 10.5 Å². The summed E-state index contributed by atoms with van der Waals surface area (Å²) in [5.41, 5.74) is 1.18. The fraction of sp³-hybridized carbons (Fsp3) is 0. The van der Waals surface area contributed by atoms with E-state index in [1.165, 1.54) is 6.08 Å². The van der Waals surface area contributed by atoms with Gasteiger partial charge in [-0.15, -0.1) is 0 Å². The molecular formula is C16H10BrNO3. The monoisotopic (exact) mass is 343 g/mol. The molecule has 0 heterocycles. The molecule has 2 aromatic rings. The van der Waals surface area contributed by atoms with E-state index < -0.39 is 5.97 Å². The quantitative estimate of drug-likeness (QED) is 0.844. The molecule has 0 aliphatic carbocycles. The van der Waals surface area contributed by atoms with Crippen LogP contribution in [-0.4, -0.2) is 11.1 Å². The van der Waals surface area contributed by atoms with Crippen LogP contribution in [0.3, 0.4) is 0 Å². The number of carbonyl (C=O) groups is 1. The summed E-state index contributed by atoms with van der Waals surface area (Å²) in [6, 6.07) is 14.0. The van der Waals surface area contributed by atoms with Crippen molar-refractivity contribution in [3.8, 4) is 17.6 Å². The molecule has 1 N–H and O–H groups in total. The maximum Gasteiger partial charge on any atom is 0.328 e. The molecule has 0 aliphatic heterocycles. The van der Waals surface area contributed by atoms with Crippen LogP contribution >= 0.6 is 15.9 Å². The number of halogens is 1. The molecule has 4 nitrogen and oxygen atoms in total. The number of hydrogen-bond donors (Lipinski definition) is 1. The molecule has 0 bridgehead atoms. The van der Waals surface area contributed by atoms with Crippen molar-refractivity contribution in [2.45, 2.75) is 0 Å². The first-order chi connectivity index (χ1) is 10.1. The van der Waals surface area contributed by atoms with E-state index in [-0.39, 0.29) is 0 Å². The van der Waals surface area contributed by atoms with Gasteiger partial charge in [-0.3, -0.25) is 0 Å². The number of benzene rings is 2. The molecule has 0 saturated carbocycles. The fourth-order valence-corrected chi connectivity index (χ4v) is 2.01. The average molecular weight is 344 g/mol. The van der Waals surface area contributed by atoms with Crippen LogP contribution in [0.15, 0.2) is 53.0 Å². The highest BCUT2D eigenvalue weighted by Gasteiger charge is 2.04.